The third-order valence-corrected chi connectivity index (χ3v) is 3.49. The molecule has 1 atom stereocenters. The van der Waals surface area contributed by atoms with Crippen molar-refractivity contribution in [2.75, 3.05) is 6.54 Å². The Bertz CT molecular complexity index is 734. The van der Waals surface area contributed by atoms with Gasteiger partial charge in [-0.05, 0) is 31.0 Å². The largest absolute Gasteiger partial charge is 0.306 e. The number of fused-ring (bicyclic) bond motifs is 1. The smallest absolute Gasteiger partial charge is 0.0896 e. The summed E-state index contributed by atoms with van der Waals surface area (Å²) in [5.41, 5.74) is 4.46. The number of hydrogen-bond acceptors (Lipinski definition) is 4. The minimum absolute atomic E-state index is 0.0825. The predicted octanol–water partition coefficient (Wildman–Crippen LogP) is 2.52. The fourth-order valence-electron chi connectivity index (χ4n) is 2.51. The SMILES string of the molecule is CCCNC(c1cncc(C)c1)c1cnn2ccncc12. The Kier molecular flexibility index (Phi) is 3.92. The van der Waals surface area contributed by atoms with Gasteiger partial charge in [0.2, 0.25) is 0 Å². The zero-order valence-electron chi connectivity index (χ0n) is 12.3. The lowest BCUT2D eigenvalue weighted by molar-refractivity contribution is 0.599. The van der Waals surface area contributed by atoms with Gasteiger partial charge in [0.1, 0.15) is 0 Å². The number of rotatable bonds is 5. The molecule has 108 valence electrons. The molecule has 0 aromatic carbocycles. The van der Waals surface area contributed by atoms with Gasteiger partial charge in [-0.2, -0.15) is 5.10 Å². The number of pyridine rings is 1. The molecule has 0 spiro atoms. The molecule has 1 unspecified atom stereocenters. The predicted molar refractivity (Wildman–Crippen MR) is 82.1 cm³/mol. The first kappa shape index (κ1) is 13.7. The number of aryl methyl sites for hydroxylation is 1. The van der Waals surface area contributed by atoms with Gasteiger partial charge in [0.15, 0.2) is 0 Å². The van der Waals surface area contributed by atoms with Gasteiger partial charge in [0.25, 0.3) is 0 Å². The van der Waals surface area contributed by atoms with Crippen LogP contribution in [0.1, 0.15) is 36.1 Å². The van der Waals surface area contributed by atoms with Gasteiger partial charge in [0.05, 0.1) is 24.0 Å². The van der Waals surface area contributed by atoms with Crippen LogP contribution in [0.2, 0.25) is 0 Å². The van der Waals surface area contributed by atoms with Crippen LogP contribution in [0.4, 0.5) is 0 Å². The van der Waals surface area contributed by atoms with Crippen molar-refractivity contribution in [3.05, 3.63) is 59.9 Å². The average molecular weight is 281 g/mol. The molecule has 3 heterocycles. The fourth-order valence-corrected chi connectivity index (χ4v) is 2.51. The summed E-state index contributed by atoms with van der Waals surface area (Å²) in [6.07, 6.45) is 12.2. The Morgan fingerprint density at radius 1 is 1.19 bits per heavy atom. The second-order valence-corrected chi connectivity index (χ2v) is 5.19. The molecule has 0 aliphatic rings. The quantitative estimate of drug-likeness (QED) is 0.781. The first-order valence-corrected chi connectivity index (χ1v) is 7.21. The highest BCUT2D eigenvalue weighted by Crippen LogP contribution is 2.25. The second-order valence-electron chi connectivity index (χ2n) is 5.19. The molecule has 1 N–H and O–H groups in total. The fraction of sp³-hybridized carbons (Fsp3) is 0.312. The summed E-state index contributed by atoms with van der Waals surface area (Å²) in [5.74, 6) is 0. The molecule has 21 heavy (non-hydrogen) atoms. The lowest BCUT2D eigenvalue weighted by Gasteiger charge is -2.18. The molecule has 0 amide bonds. The van der Waals surface area contributed by atoms with E-state index >= 15 is 0 Å². The standard InChI is InChI=1S/C16H19N5/c1-3-4-19-16(13-7-12(2)8-18-9-13)14-10-20-21-6-5-17-11-15(14)21/h5-11,16,19H,3-4H2,1-2H3. The van der Waals surface area contributed by atoms with E-state index < -0.39 is 0 Å². The molecular formula is C16H19N5. The van der Waals surface area contributed by atoms with Crippen LogP contribution in [0.5, 0.6) is 0 Å². The lowest BCUT2D eigenvalue weighted by Crippen LogP contribution is -2.23. The first-order valence-electron chi connectivity index (χ1n) is 7.21. The topological polar surface area (TPSA) is 55.1 Å². The van der Waals surface area contributed by atoms with Crippen LogP contribution >= 0.6 is 0 Å². The van der Waals surface area contributed by atoms with E-state index in [1.165, 1.54) is 0 Å². The van der Waals surface area contributed by atoms with E-state index in [9.17, 15) is 0 Å². The Hall–Kier alpha value is -2.27. The minimum atomic E-state index is 0.0825. The Morgan fingerprint density at radius 3 is 2.90 bits per heavy atom. The molecule has 3 rings (SSSR count). The Balaban J connectivity index is 2.06. The van der Waals surface area contributed by atoms with E-state index in [-0.39, 0.29) is 6.04 Å². The molecule has 0 radical (unpaired) electrons. The summed E-state index contributed by atoms with van der Waals surface area (Å²) in [6, 6.07) is 2.25. The van der Waals surface area contributed by atoms with Crippen LogP contribution in [0, 0.1) is 6.92 Å². The highest BCUT2D eigenvalue weighted by atomic mass is 15.2. The van der Waals surface area contributed by atoms with Crippen molar-refractivity contribution in [2.24, 2.45) is 0 Å². The van der Waals surface area contributed by atoms with E-state index in [1.807, 2.05) is 35.5 Å². The Labute approximate surface area is 124 Å². The van der Waals surface area contributed by atoms with Crippen LogP contribution in [0.25, 0.3) is 5.52 Å². The van der Waals surface area contributed by atoms with E-state index in [1.54, 1.807) is 6.20 Å². The highest BCUT2D eigenvalue weighted by molar-refractivity contribution is 5.55. The van der Waals surface area contributed by atoms with Crippen molar-refractivity contribution in [1.29, 1.82) is 0 Å². The molecule has 0 fully saturated rings. The molecular weight excluding hydrogens is 262 g/mol. The zero-order chi connectivity index (χ0) is 14.7. The van der Waals surface area contributed by atoms with Crippen LogP contribution in [-0.2, 0) is 0 Å². The number of nitrogens with zero attached hydrogens (tertiary/aromatic N) is 4. The number of hydrogen-bond donors (Lipinski definition) is 1. The van der Waals surface area contributed by atoms with E-state index in [0.29, 0.717) is 0 Å². The molecule has 0 aliphatic carbocycles. The zero-order valence-corrected chi connectivity index (χ0v) is 12.3. The van der Waals surface area contributed by atoms with Crippen molar-refractivity contribution in [1.82, 2.24) is 24.9 Å². The van der Waals surface area contributed by atoms with E-state index in [2.05, 4.69) is 40.3 Å². The number of nitrogens with one attached hydrogen (secondary N) is 1. The van der Waals surface area contributed by atoms with Crippen molar-refractivity contribution in [3.8, 4) is 0 Å². The third-order valence-electron chi connectivity index (χ3n) is 3.49. The summed E-state index contributed by atoms with van der Waals surface area (Å²) in [4.78, 5) is 8.54. The molecule has 0 saturated heterocycles. The van der Waals surface area contributed by atoms with Gasteiger partial charge >= 0.3 is 0 Å². The van der Waals surface area contributed by atoms with Gasteiger partial charge in [-0.15, -0.1) is 0 Å². The lowest BCUT2D eigenvalue weighted by atomic mass is 10.0. The Morgan fingerprint density at radius 2 is 2.10 bits per heavy atom. The van der Waals surface area contributed by atoms with Crippen molar-refractivity contribution >= 4 is 5.52 Å². The van der Waals surface area contributed by atoms with Gasteiger partial charge in [-0.25, -0.2) is 4.52 Å². The first-order chi connectivity index (χ1) is 10.3. The summed E-state index contributed by atoms with van der Waals surface area (Å²) >= 11 is 0. The van der Waals surface area contributed by atoms with Crippen LogP contribution in [-0.4, -0.2) is 26.1 Å². The highest BCUT2D eigenvalue weighted by Gasteiger charge is 2.18. The van der Waals surface area contributed by atoms with E-state index in [0.717, 1.165) is 35.2 Å². The van der Waals surface area contributed by atoms with Crippen LogP contribution in [0.15, 0.2) is 43.2 Å². The van der Waals surface area contributed by atoms with Gasteiger partial charge in [-0.3, -0.25) is 9.97 Å². The monoisotopic (exact) mass is 281 g/mol. The summed E-state index contributed by atoms with van der Waals surface area (Å²) < 4.78 is 1.85. The second kappa shape index (κ2) is 6.01. The average Bonchev–Trinajstić information content (AvgIpc) is 2.92. The van der Waals surface area contributed by atoms with Crippen molar-refractivity contribution in [3.63, 3.8) is 0 Å². The van der Waals surface area contributed by atoms with Crippen molar-refractivity contribution in [2.45, 2.75) is 26.3 Å². The molecule has 3 aromatic heterocycles. The number of aromatic nitrogens is 4. The molecule has 5 nitrogen and oxygen atoms in total. The van der Waals surface area contributed by atoms with Gasteiger partial charge < -0.3 is 5.32 Å². The minimum Gasteiger partial charge on any atom is -0.306 e. The summed E-state index contributed by atoms with van der Waals surface area (Å²) in [5, 5.41) is 8.00. The normalized spacial score (nSPS) is 12.7. The maximum Gasteiger partial charge on any atom is 0.0896 e. The van der Waals surface area contributed by atoms with Gasteiger partial charge in [-0.1, -0.05) is 13.0 Å². The molecule has 0 bridgehead atoms. The van der Waals surface area contributed by atoms with Gasteiger partial charge in [0, 0.05) is 30.4 Å². The van der Waals surface area contributed by atoms with Crippen LogP contribution in [0.3, 0.4) is 0 Å². The van der Waals surface area contributed by atoms with Crippen molar-refractivity contribution < 1.29 is 0 Å². The molecule has 5 heteroatoms. The van der Waals surface area contributed by atoms with E-state index in [4.69, 9.17) is 0 Å². The maximum absolute atomic E-state index is 4.41. The maximum atomic E-state index is 4.41. The summed E-state index contributed by atoms with van der Waals surface area (Å²) in [6.45, 7) is 5.16. The van der Waals surface area contributed by atoms with Crippen LogP contribution < -0.4 is 5.32 Å². The third kappa shape index (κ3) is 2.78. The summed E-state index contributed by atoms with van der Waals surface area (Å²) in [7, 11) is 0. The molecule has 0 aliphatic heterocycles. The molecule has 3 aromatic rings. The molecule has 0 saturated carbocycles.